The Morgan fingerprint density at radius 3 is 1.48 bits per heavy atom. The van der Waals surface area contributed by atoms with Gasteiger partial charge in [0.15, 0.2) is 0 Å². The van der Waals surface area contributed by atoms with E-state index in [-0.39, 0.29) is 10.8 Å². The molecule has 0 amide bonds. The molecule has 9 aromatic carbocycles. The normalized spacial score (nSPS) is 14.1. The molecule has 0 bridgehead atoms. The standard InChI is InChI=1S/C56H44N2/c1-55(2)49-31-29-43(35-48(49)47-32-37-18-14-15-19-38(37)33-50(47)55)58(42-25-12-7-13-26-42)52-34-39-20-16-17-27-45(39)53-46-30-28-44(36-51(46)56(3,4)54(52)53)57(40-21-8-5-9-22-40)41-23-10-6-11-24-41/h5-36H,1-4H3. The molecule has 2 nitrogen and oxygen atoms in total. The lowest BCUT2D eigenvalue weighted by Gasteiger charge is -2.33. The summed E-state index contributed by atoms with van der Waals surface area (Å²) in [4.78, 5) is 4.90. The predicted octanol–water partition coefficient (Wildman–Crippen LogP) is 15.5. The second kappa shape index (κ2) is 12.8. The van der Waals surface area contributed by atoms with Crippen LogP contribution in [0.3, 0.4) is 0 Å². The summed E-state index contributed by atoms with van der Waals surface area (Å²) in [7, 11) is 0. The number of hydrogen-bond donors (Lipinski definition) is 0. The van der Waals surface area contributed by atoms with E-state index in [4.69, 9.17) is 0 Å². The first-order valence-electron chi connectivity index (χ1n) is 20.4. The van der Waals surface area contributed by atoms with Gasteiger partial charge in [-0.2, -0.15) is 0 Å². The zero-order valence-corrected chi connectivity index (χ0v) is 33.4. The molecule has 0 aromatic heterocycles. The van der Waals surface area contributed by atoms with Crippen LogP contribution in [0.25, 0.3) is 43.8 Å². The van der Waals surface area contributed by atoms with Crippen LogP contribution < -0.4 is 9.80 Å². The Bertz CT molecular complexity index is 3010. The van der Waals surface area contributed by atoms with E-state index in [1.807, 2.05) is 0 Å². The Balaban J connectivity index is 1.14. The van der Waals surface area contributed by atoms with Gasteiger partial charge >= 0.3 is 0 Å². The summed E-state index contributed by atoms with van der Waals surface area (Å²) in [5.74, 6) is 0. The van der Waals surface area contributed by atoms with Gasteiger partial charge in [0, 0.05) is 39.3 Å². The van der Waals surface area contributed by atoms with Crippen LogP contribution in [0, 0.1) is 0 Å². The zero-order valence-electron chi connectivity index (χ0n) is 33.4. The molecule has 2 heteroatoms. The van der Waals surface area contributed by atoms with E-state index in [2.05, 4.69) is 232 Å². The van der Waals surface area contributed by atoms with Gasteiger partial charge in [-0.3, -0.25) is 0 Å². The van der Waals surface area contributed by atoms with Gasteiger partial charge in [-0.15, -0.1) is 0 Å². The van der Waals surface area contributed by atoms with Crippen molar-refractivity contribution >= 4 is 55.7 Å². The molecular formula is C56H44N2. The molecule has 278 valence electrons. The number of benzene rings is 9. The molecule has 0 saturated carbocycles. The number of hydrogen-bond acceptors (Lipinski definition) is 2. The number of fused-ring (bicyclic) bond motifs is 9. The summed E-state index contributed by atoms with van der Waals surface area (Å²) in [5.41, 5.74) is 17.2. The van der Waals surface area contributed by atoms with Crippen LogP contribution in [0.4, 0.5) is 34.1 Å². The topological polar surface area (TPSA) is 6.48 Å². The van der Waals surface area contributed by atoms with E-state index in [0.717, 1.165) is 28.4 Å². The van der Waals surface area contributed by atoms with Crippen LogP contribution in [0.2, 0.25) is 0 Å². The minimum atomic E-state index is -0.323. The quantitative estimate of drug-likeness (QED) is 0.167. The van der Waals surface area contributed by atoms with E-state index in [1.54, 1.807) is 0 Å². The van der Waals surface area contributed by atoms with Crippen LogP contribution in [0.5, 0.6) is 0 Å². The molecule has 2 aliphatic rings. The SMILES string of the molecule is CC1(C)c2ccc(N(c3ccccc3)c3cc4ccccc4c4c3C(C)(C)c3cc(N(c5ccccc5)c5ccccc5)ccc3-4)cc2-c2cc3ccccc3cc21. The van der Waals surface area contributed by atoms with Crippen molar-refractivity contribution < 1.29 is 0 Å². The lowest BCUT2D eigenvalue weighted by molar-refractivity contribution is 0.660. The molecule has 0 unspecified atom stereocenters. The third-order valence-corrected chi connectivity index (χ3v) is 12.9. The maximum Gasteiger partial charge on any atom is 0.0515 e. The highest BCUT2D eigenvalue weighted by atomic mass is 15.2. The van der Waals surface area contributed by atoms with Crippen molar-refractivity contribution in [1.82, 2.24) is 0 Å². The Morgan fingerprint density at radius 1 is 0.328 bits per heavy atom. The Hall–Kier alpha value is -6.90. The van der Waals surface area contributed by atoms with E-state index in [0.29, 0.717) is 0 Å². The molecule has 0 fully saturated rings. The van der Waals surface area contributed by atoms with Gasteiger partial charge in [0.1, 0.15) is 0 Å². The van der Waals surface area contributed by atoms with Crippen molar-refractivity contribution in [2.75, 3.05) is 9.80 Å². The minimum Gasteiger partial charge on any atom is -0.310 e. The maximum absolute atomic E-state index is 2.52. The van der Waals surface area contributed by atoms with E-state index in [1.165, 1.54) is 71.7 Å². The average Bonchev–Trinajstić information content (AvgIpc) is 3.63. The van der Waals surface area contributed by atoms with Crippen molar-refractivity contribution in [1.29, 1.82) is 0 Å². The van der Waals surface area contributed by atoms with Gasteiger partial charge in [-0.05, 0) is 145 Å². The summed E-state index contributed by atoms with van der Waals surface area (Å²) in [5, 5.41) is 5.09. The van der Waals surface area contributed by atoms with Gasteiger partial charge in [-0.1, -0.05) is 143 Å². The highest BCUT2D eigenvalue weighted by Gasteiger charge is 2.42. The third-order valence-electron chi connectivity index (χ3n) is 12.9. The first-order chi connectivity index (χ1) is 28.3. The third kappa shape index (κ3) is 5.11. The van der Waals surface area contributed by atoms with Crippen LogP contribution in [0.15, 0.2) is 194 Å². The smallest absolute Gasteiger partial charge is 0.0515 e. The van der Waals surface area contributed by atoms with E-state index >= 15 is 0 Å². The van der Waals surface area contributed by atoms with E-state index in [9.17, 15) is 0 Å². The van der Waals surface area contributed by atoms with Crippen molar-refractivity contribution in [3.8, 4) is 22.3 Å². The van der Waals surface area contributed by atoms with Crippen LogP contribution >= 0.6 is 0 Å². The molecule has 0 N–H and O–H groups in total. The van der Waals surface area contributed by atoms with Crippen LogP contribution in [-0.2, 0) is 10.8 Å². The highest BCUT2D eigenvalue weighted by Crippen LogP contribution is 2.59. The second-order valence-electron chi connectivity index (χ2n) is 17.0. The maximum atomic E-state index is 2.52. The summed E-state index contributed by atoms with van der Waals surface area (Å²) in [6, 6.07) is 71.7. The predicted molar refractivity (Wildman–Crippen MR) is 246 cm³/mol. The second-order valence-corrected chi connectivity index (χ2v) is 17.0. The van der Waals surface area contributed by atoms with Crippen LogP contribution in [0.1, 0.15) is 49.9 Å². The average molecular weight is 745 g/mol. The number of nitrogens with zero attached hydrogens (tertiary/aromatic N) is 2. The van der Waals surface area contributed by atoms with Gasteiger partial charge < -0.3 is 9.80 Å². The monoisotopic (exact) mass is 744 g/mol. The first kappa shape index (κ1) is 34.4. The molecule has 0 heterocycles. The van der Waals surface area contributed by atoms with Gasteiger partial charge in [0.05, 0.1) is 5.69 Å². The van der Waals surface area contributed by atoms with Gasteiger partial charge in [-0.25, -0.2) is 0 Å². The lowest BCUT2D eigenvalue weighted by atomic mass is 9.80. The summed E-state index contributed by atoms with van der Waals surface area (Å²) in [6.07, 6.45) is 0. The zero-order chi connectivity index (χ0) is 39.2. The number of para-hydroxylation sites is 3. The molecule has 0 spiro atoms. The van der Waals surface area contributed by atoms with Crippen molar-refractivity contribution in [2.24, 2.45) is 0 Å². The number of anilines is 6. The van der Waals surface area contributed by atoms with Gasteiger partial charge in [0.2, 0.25) is 0 Å². The Labute approximate surface area is 341 Å². The largest absolute Gasteiger partial charge is 0.310 e. The summed E-state index contributed by atoms with van der Waals surface area (Å²) >= 11 is 0. The Morgan fingerprint density at radius 2 is 0.828 bits per heavy atom. The molecule has 11 rings (SSSR count). The summed E-state index contributed by atoms with van der Waals surface area (Å²) < 4.78 is 0. The van der Waals surface area contributed by atoms with Crippen molar-refractivity contribution in [3.05, 3.63) is 216 Å². The minimum absolute atomic E-state index is 0.107. The van der Waals surface area contributed by atoms with E-state index < -0.39 is 0 Å². The van der Waals surface area contributed by atoms with Crippen molar-refractivity contribution in [3.63, 3.8) is 0 Å². The number of rotatable bonds is 6. The molecule has 0 aliphatic heterocycles. The van der Waals surface area contributed by atoms with Crippen LogP contribution in [-0.4, -0.2) is 0 Å². The fourth-order valence-electron chi connectivity index (χ4n) is 10.1. The molecule has 2 aliphatic carbocycles. The first-order valence-corrected chi connectivity index (χ1v) is 20.4. The molecule has 0 radical (unpaired) electrons. The van der Waals surface area contributed by atoms with Gasteiger partial charge in [0.25, 0.3) is 0 Å². The highest BCUT2D eigenvalue weighted by molar-refractivity contribution is 6.08. The Kier molecular flexibility index (Phi) is 7.59. The summed E-state index contributed by atoms with van der Waals surface area (Å²) in [6.45, 7) is 9.60. The fraction of sp³-hybridized carbons (Fsp3) is 0.107. The molecular weight excluding hydrogens is 701 g/mol. The molecule has 58 heavy (non-hydrogen) atoms. The molecule has 0 saturated heterocycles. The molecule has 9 aromatic rings. The fourth-order valence-corrected chi connectivity index (χ4v) is 10.1. The lowest BCUT2D eigenvalue weighted by Crippen LogP contribution is -2.21. The molecule has 0 atom stereocenters. The van der Waals surface area contributed by atoms with Crippen molar-refractivity contribution in [2.45, 2.75) is 38.5 Å².